The van der Waals surface area contributed by atoms with Crippen molar-refractivity contribution in [3.8, 4) is 0 Å². The highest BCUT2D eigenvalue weighted by molar-refractivity contribution is 4.94. The van der Waals surface area contributed by atoms with E-state index in [2.05, 4.69) is 0 Å². The number of aliphatic hydroxyl groups is 2. The molecule has 4 nitrogen and oxygen atoms in total. The van der Waals surface area contributed by atoms with Crippen LogP contribution in [0.1, 0.15) is 40.0 Å². The number of aliphatic hydroxyl groups excluding tert-OH is 2. The summed E-state index contributed by atoms with van der Waals surface area (Å²) in [6.45, 7) is 7.88. The molecule has 106 valence electrons. The molecule has 0 aromatic carbocycles. The van der Waals surface area contributed by atoms with Crippen LogP contribution >= 0.6 is 0 Å². The normalized spacial score (nSPS) is 36.8. The molecule has 2 aliphatic rings. The van der Waals surface area contributed by atoms with Crippen molar-refractivity contribution < 1.29 is 19.7 Å². The molecule has 2 heterocycles. The molecule has 2 saturated heterocycles. The average molecular weight is 258 g/mol. The minimum Gasteiger partial charge on any atom is -0.390 e. The fourth-order valence-corrected chi connectivity index (χ4v) is 2.99. The maximum atomic E-state index is 10.4. The van der Waals surface area contributed by atoms with Crippen LogP contribution in [0, 0.1) is 11.3 Å². The van der Waals surface area contributed by atoms with Gasteiger partial charge in [-0.25, -0.2) is 0 Å². The number of ether oxygens (including phenoxy) is 2. The van der Waals surface area contributed by atoms with Crippen LogP contribution in [-0.4, -0.2) is 47.8 Å². The lowest BCUT2D eigenvalue weighted by atomic mass is 9.75. The average Bonchev–Trinajstić information content (AvgIpc) is 2.74. The molecule has 0 saturated carbocycles. The zero-order valence-electron chi connectivity index (χ0n) is 11.7. The molecule has 4 atom stereocenters. The van der Waals surface area contributed by atoms with Gasteiger partial charge in [0.1, 0.15) is 0 Å². The van der Waals surface area contributed by atoms with Crippen LogP contribution < -0.4 is 0 Å². The van der Waals surface area contributed by atoms with Gasteiger partial charge in [-0.05, 0) is 24.2 Å². The number of rotatable bonds is 2. The third-order valence-electron chi connectivity index (χ3n) is 4.29. The van der Waals surface area contributed by atoms with Crippen molar-refractivity contribution in [3.63, 3.8) is 0 Å². The van der Waals surface area contributed by atoms with Gasteiger partial charge in [0.25, 0.3) is 0 Å². The van der Waals surface area contributed by atoms with Crippen LogP contribution in [0.4, 0.5) is 0 Å². The quantitative estimate of drug-likeness (QED) is 0.785. The van der Waals surface area contributed by atoms with Crippen molar-refractivity contribution in [3.05, 3.63) is 0 Å². The molecule has 2 aliphatic heterocycles. The highest BCUT2D eigenvalue weighted by atomic mass is 16.6. The molecular weight excluding hydrogens is 232 g/mol. The molecule has 2 fully saturated rings. The predicted octanol–water partition coefficient (Wildman–Crippen LogP) is 1.34. The first kappa shape index (κ1) is 14.3. The summed E-state index contributed by atoms with van der Waals surface area (Å²) in [5.41, 5.74) is -0.501. The van der Waals surface area contributed by atoms with E-state index in [0.29, 0.717) is 13.2 Å². The highest BCUT2D eigenvalue weighted by Gasteiger charge is 2.45. The lowest BCUT2D eigenvalue weighted by Gasteiger charge is -2.42. The van der Waals surface area contributed by atoms with E-state index in [1.807, 2.05) is 20.8 Å². The maximum absolute atomic E-state index is 10.4. The monoisotopic (exact) mass is 258 g/mol. The first-order chi connectivity index (χ1) is 8.34. The Morgan fingerprint density at radius 1 is 1.22 bits per heavy atom. The Morgan fingerprint density at radius 2 is 1.94 bits per heavy atom. The van der Waals surface area contributed by atoms with E-state index in [4.69, 9.17) is 9.47 Å². The predicted molar refractivity (Wildman–Crippen MR) is 68.3 cm³/mol. The minimum absolute atomic E-state index is 0.106. The molecular formula is C14H26O4. The van der Waals surface area contributed by atoms with Gasteiger partial charge in [0, 0.05) is 19.6 Å². The van der Waals surface area contributed by atoms with Crippen LogP contribution in [0.2, 0.25) is 0 Å². The van der Waals surface area contributed by atoms with Gasteiger partial charge in [-0.3, -0.25) is 0 Å². The Bertz CT molecular complexity index is 278. The second kappa shape index (κ2) is 5.08. The van der Waals surface area contributed by atoms with Gasteiger partial charge < -0.3 is 19.7 Å². The van der Waals surface area contributed by atoms with Gasteiger partial charge in [0.05, 0.1) is 24.4 Å². The van der Waals surface area contributed by atoms with Gasteiger partial charge >= 0.3 is 0 Å². The van der Waals surface area contributed by atoms with Gasteiger partial charge in [0.2, 0.25) is 0 Å². The van der Waals surface area contributed by atoms with Gasteiger partial charge in [-0.2, -0.15) is 0 Å². The maximum Gasteiger partial charge on any atom is 0.0940 e. The molecule has 2 rings (SSSR count). The lowest BCUT2D eigenvalue weighted by molar-refractivity contribution is -0.143. The lowest BCUT2D eigenvalue weighted by Crippen LogP contribution is -2.49. The smallest absolute Gasteiger partial charge is 0.0940 e. The Balaban J connectivity index is 2.00. The molecule has 1 spiro atoms. The summed E-state index contributed by atoms with van der Waals surface area (Å²) in [6.07, 6.45) is 1.14. The Kier molecular flexibility index (Phi) is 4.02. The SMILES string of the molecule is CC(C)(C)C(O)C(O)C1CCOC2(CCOC2)C1. The summed E-state index contributed by atoms with van der Waals surface area (Å²) in [5.74, 6) is 0.106. The summed E-state index contributed by atoms with van der Waals surface area (Å²) in [6, 6.07) is 0. The topological polar surface area (TPSA) is 58.9 Å². The van der Waals surface area contributed by atoms with Crippen LogP contribution in [-0.2, 0) is 9.47 Å². The van der Waals surface area contributed by atoms with Crippen molar-refractivity contribution in [2.24, 2.45) is 11.3 Å². The minimum atomic E-state index is -0.694. The summed E-state index contributed by atoms with van der Waals surface area (Å²) < 4.78 is 11.3. The molecule has 18 heavy (non-hydrogen) atoms. The summed E-state index contributed by atoms with van der Waals surface area (Å²) in [5, 5.41) is 20.6. The first-order valence-corrected chi connectivity index (χ1v) is 6.92. The van der Waals surface area contributed by atoms with Crippen molar-refractivity contribution >= 4 is 0 Å². The molecule has 2 N–H and O–H groups in total. The van der Waals surface area contributed by atoms with Gasteiger partial charge in [-0.1, -0.05) is 20.8 Å². The number of hydrogen-bond donors (Lipinski definition) is 2. The number of hydrogen-bond acceptors (Lipinski definition) is 4. The van der Waals surface area contributed by atoms with Crippen LogP contribution in [0.3, 0.4) is 0 Å². The summed E-state index contributed by atoms with van der Waals surface area (Å²) in [7, 11) is 0. The van der Waals surface area contributed by atoms with Crippen molar-refractivity contribution in [1.29, 1.82) is 0 Å². The molecule has 0 aliphatic carbocycles. The van der Waals surface area contributed by atoms with Crippen molar-refractivity contribution in [2.75, 3.05) is 19.8 Å². The molecule has 4 unspecified atom stereocenters. The van der Waals surface area contributed by atoms with E-state index in [1.54, 1.807) is 0 Å². The fourth-order valence-electron chi connectivity index (χ4n) is 2.99. The molecule has 0 aromatic rings. The molecule has 4 heteroatoms. The third-order valence-corrected chi connectivity index (χ3v) is 4.29. The zero-order chi connectivity index (χ0) is 13.4. The second-order valence-electron chi connectivity index (χ2n) is 6.89. The first-order valence-electron chi connectivity index (χ1n) is 6.92. The molecule has 0 aromatic heterocycles. The van der Waals surface area contributed by atoms with E-state index in [9.17, 15) is 10.2 Å². The summed E-state index contributed by atoms with van der Waals surface area (Å²) >= 11 is 0. The molecule has 0 bridgehead atoms. The van der Waals surface area contributed by atoms with E-state index in [0.717, 1.165) is 25.9 Å². The highest BCUT2D eigenvalue weighted by Crippen LogP contribution is 2.39. The Morgan fingerprint density at radius 3 is 2.50 bits per heavy atom. The van der Waals surface area contributed by atoms with E-state index in [1.165, 1.54) is 0 Å². The van der Waals surface area contributed by atoms with E-state index >= 15 is 0 Å². The van der Waals surface area contributed by atoms with Crippen LogP contribution in [0.15, 0.2) is 0 Å². The Hall–Kier alpha value is -0.160. The summed E-state index contributed by atoms with van der Waals surface area (Å²) in [4.78, 5) is 0. The molecule has 0 amide bonds. The van der Waals surface area contributed by atoms with E-state index < -0.39 is 12.2 Å². The second-order valence-corrected chi connectivity index (χ2v) is 6.89. The molecule has 0 radical (unpaired) electrons. The largest absolute Gasteiger partial charge is 0.390 e. The van der Waals surface area contributed by atoms with Gasteiger partial charge in [0.15, 0.2) is 0 Å². The standard InChI is InChI=1S/C14H26O4/c1-13(2,3)12(16)11(15)10-4-6-18-14(8-10)5-7-17-9-14/h10-12,15-16H,4-9H2,1-3H3. The van der Waals surface area contributed by atoms with Gasteiger partial charge in [-0.15, -0.1) is 0 Å². The van der Waals surface area contributed by atoms with Crippen LogP contribution in [0.5, 0.6) is 0 Å². The van der Waals surface area contributed by atoms with E-state index in [-0.39, 0.29) is 16.9 Å². The van der Waals surface area contributed by atoms with Crippen molar-refractivity contribution in [1.82, 2.24) is 0 Å². The zero-order valence-corrected chi connectivity index (χ0v) is 11.7. The fraction of sp³-hybridized carbons (Fsp3) is 1.00. The van der Waals surface area contributed by atoms with Crippen LogP contribution in [0.25, 0.3) is 0 Å². The Labute approximate surface area is 109 Å². The third kappa shape index (κ3) is 2.87. The van der Waals surface area contributed by atoms with Crippen molar-refractivity contribution in [2.45, 2.75) is 57.8 Å².